The fourth-order valence-electron chi connectivity index (χ4n) is 1.55. The molecule has 1 aliphatic heterocycles. The summed E-state index contributed by atoms with van der Waals surface area (Å²) in [6.45, 7) is 6.91. The highest BCUT2D eigenvalue weighted by Crippen LogP contribution is 2.17. The first-order valence-electron chi connectivity index (χ1n) is 4.86. The van der Waals surface area contributed by atoms with Crippen molar-refractivity contribution in [3.63, 3.8) is 0 Å². The van der Waals surface area contributed by atoms with E-state index in [0.29, 0.717) is 6.04 Å². The summed E-state index contributed by atoms with van der Waals surface area (Å²) in [5, 5.41) is 7.58. The fourth-order valence-corrected chi connectivity index (χ4v) is 1.55. The van der Waals surface area contributed by atoms with E-state index < -0.39 is 0 Å². The monoisotopic (exact) mass is 193 g/mol. The average molecular weight is 193 g/mol. The summed E-state index contributed by atoms with van der Waals surface area (Å²) in [4.78, 5) is 8.69. The van der Waals surface area contributed by atoms with Crippen LogP contribution in [0.25, 0.3) is 0 Å². The first-order chi connectivity index (χ1) is 6.68. The number of nitrogens with zero attached hydrogens (tertiary/aromatic N) is 4. The number of hydrogen-bond acceptors (Lipinski definition) is 4. The number of aliphatic imine (C=N–C) groups is 1. The SMILES string of the molecule is Cc1nc(C2N=CCN2)n(C(C)C)n1. The molecule has 5 heteroatoms. The molecule has 1 aromatic rings. The molecule has 2 rings (SSSR count). The lowest BCUT2D eigenvalue weighted by molar-refractivity contribution is 0.464. The van der Waals surface area contributed by atoms with E-state index in [-0.39, 0.29) is 6.17 Å². The third-order valence-corrected chi connectivity index (χ3v) is 2.15. The number of rotatable bonds is 2. The van der Waals surface area contributed by atoms with E-state index >= 15 is 0 Å². The zero-order valence-electron chi connectivity index (χ0n) is 8.73. The van der Waals surface area contributed by atoms with Gasteiger partial charge in [0, 0.05) is 18.8 Å². The quantitative estimate of drug-likeness (QED) is 0.757. The van der Waals surface area contributed by atoms with Gasteiger partial charge in [-0.15, -0.1) is 0 Å². The molecule has 0 saturated heterocycles. The van der Waals surface area contributed by atoms with Crippen molar-refractivity contribution in [2.24, 2.45) is 4.99 Å². The van der Waals surface area contributed by atoms with Crippen LogP contribution >= 0.6 is 0 Å². The molecule has 0 saturated carbocycles. The van der Waals surface area contributed by atoms with Gasteiger partial charge in [0.05, 0.1) is 0 Å². The van der Waals surface area contributed by atoms with Gasteiger partial charge in [0.1, 0.15) is 5.82 Å². The smallest absolute Gasteiger partial charge is 0.167 e. The van der Waals surface area contributed by atoms with Crippen LogP contribution in [-0.2, 0) is 0 Å². The maximum atomic E-state index is 4.39. The van der Waals surface area contributed by atoms with Gasteiger partial charge >= 0.3 is 0 Å². The van der Waals surface area contributed by atoms with Crippen LogP contribution in [0.5, 0.6) is 0 Å². The second-order valence-corrected chi connectivity index (χ2v) is 3.70. The third kappa shape index (κ3) is 1.55. The Morgan fingerprint density at radius 2 is 2.36 bits per heavy atom. The molecule has 1 atom stereocenters. The third-order valence-electron chi connectivity index (χ3n) is 2.15. The fraction of sp³-hybridized carbons (Fsp3) is 0.667. The van der Waals surface area contributed by atoms with Crippen molar-refractivity contribution < 1.29 is 0 Å². The maximum Gasteiger partial charge on any atom is 0.167 e. The Bertz CT molecular complexity index is 352. The van der Waals surface area contributed by atoms with Crippen LogP contribution in [0.4, 0.5) is 0 Å². The Kier molecular flexibility index (Phi) is 2.33. The molecule has 5 nitrogen and oxygen atoms in total. The molecule has 1 aliphatic rings. The first kappa shape index (κ1) is 9.33. The van der Waals surface area contributed by atoms with E-state index in [1.807, 2.05) is 17.8 Å². The summed E-state index contributed by atoms with van der Waals surface area (Å²) in [6.07, 6.45) is 1.86. The van der Waals surface area contributed by atoms with Gasteiger partial charge in [-0.3, -0.25) is 10.3 Å². The van der Waals surface area contributed by atoms with Crippen LogP contribution in [0.3, 0.4) is 0 Å². The molecule has 1 unspecified atom stereocenters. The Morgan fingerprint density at radius 3 is 2.93 bits per heavy atom. The van der Waals surface area contributed by atoms with E-state index in [0.717, 1.165) is 18.2 Å². The van der Waals surface area contributed by atoms with Crippen LogP contribution in [-0.4, -0.2) is 27.5 Å². The highest BCUT2D eigenvalue weighted by molar-refractivity contribution is 5.62. The van der Waals surface area contributed by atoms with Gasteiger partial charge in [0.2, 0.25) is 0 Å². The standard InChI is InChI=1S/C9H15N5/c1-6(2)14-9(12-7(3)13-14)8-10-4-5-11-8/h4,6,8,11H,5H2,1-3H3. The number of hydrogen-bond donors (Lipinski definition) is 1. The van der Waals surface area contributed by atoms with Crippen LogP contribution < -0.4 is 5.32 Å². The lowest BCUT2D eigenvalue weighted by Crippen LogP contribution is -2.20. The van der Waals surface area contributed by atoms with Crippen molar-refractivity contribution in [3.05, 3.63) is 11.6 Å². The number of aromatic nitrogens is 3. The van der Waals surface area contributed by atoms with Gasteiger partial charge < -0.3 is 0 Å². The minimum Gasteiger partial charge on any atom is -0.284 e. The van der Waals surface area contributed by atoms with Crippen molar-refractivity contribution in [1.82, 2.24) is 20.1 Å². The summed E-state index contributed by atoms with van der Waals surface area (Å²) in [5.74, 6) is 1.71. The Morgan fingerprint density at radius 1 is 1.57 bits per heavy atom. The zero-order chi connectivity index (χ0) is 10.1. The second-order valence-electron chi connectivity index (χ2n) is 3.70. The van der Waals surface area contributed by atoms with E-state index in [2.05, 4.69) is 34.2 Å². The molecule has 0 radical (unpaired) electrons. The average Bonchev–Trinajstić information content (AvgIpc) is 2.70. The van der Waals surface area contributed by atoms with Crippen molar-refractivity contribution in [2.75, 3.05) is 6.54 Å². The minimum atomic E-state index is -0.0152. The van der Waals surface area contributed by atoms with E-state index in [1.165, 1.54) is 0 Å². The van der Waals surface area contributed by atoms with Gasteiger partial charge in [-0.25, -0.2) is 9.67 Å². The normalized spacial score (nSPS) is 21.0. The van der Waals surface area contributed by atoms with Crippen molar-refractivity contribution in [3.8, 4) is 0 Å². The topological polar surface area (TPSA) is 55.1 Å². The van der Waals surface area contributed by atoms with Crippen molar-refractivity contribution >= 4 is 6.21 Å². The molecule has 1 N–H and O–H groups in total. The molecular weight excluding hydrogens is 178 g/mol. The van der Waals surface area contributed by atoms with Crippen LogP contribution in [0.15, 0.2) is 4.99 Å². The van der Waals surface area contributed by atoms with Gasteiger partial charge in [-0.2, -0.15) is 5.10 Å². The molecule has 0 aliphatic carbocycles. The predicted molar refractivity (Wildman–Crippen MR) is 54.4 cm³/mol. The molecule has 2 heterocycles. The molecule has 0 fully saturated rings. The lowest BCUT2D eigenvalue weighted by Gasteiger charge is -2.12. The Labute approximate surface area is 83.3 Å². The van der Waals surface area contributed by atoms with Gasteiger partial charge in [-0.1, -0.05) is 0 Å². The number of aryl methyl sites for hydroxylation is 1. The van der Waals surface area contributed by atoms with Crippen molar-refractivity contribution in [1.29, 1.82) is 0 Å². The van der Waals surface area contributed by atoms with E-state index in [9.17, 15) is 0 Å². The highest BCUT2D eigenvalue weighted by Gasteiger charge is 2.20. The molecule has 76 valence electrons. The molecule has 0 amide bonds. The highest BCUT2D eigenvalue weighted by atomic mass is 15.4. The van der Waals surface area contributed by atoms with E-state index in [1.54, 1.807) is 0 Å². The molecule has 0 aromatic carbocycles. The van der Waals surface area contributed by atoms with Crippen molar-refractivity contribution in [2.45, 2.75) is 33.0 Å². The van der Waals surface area contributed by atoms with Crippen LogP contribution in [0.2, 0.25) is 0 Å². The molecule has 0 spiro atoms. The summed E-state index contributed by atoms with van der Waals surface area (Å²) >= 11 is 0. The van der Waals surface area contributed by atoms with E-state index in [4.69, 9.17) is 0 Å². The Hall–Kier alpha value is -1.23. The van der Waals surface area contributed by atoms with Crippen LogP contribution in [0.1, 0.15) is 37.7 Å². The van der Waals surface area contributed by atoms with Crippen LogP contribution in [0, 0.1) is 6.92 Å². The second kappa shape index (κ2) is 3.49. The molecule has 1 aromatic heterocycles. The van der Waals surface area contributed by atoms with Gasteiger partial charge in [0.15, 0.2) is 12.0 Å². The first-order valence-corrected chi connectivity index (χ1v) is 4.86. The summed E-state index contributed by atoms with van der Waals surface area (Å²) < 4.78 is 1.93. The zero-order valence-corrected chi connectivity index (χ0v) is 8.73. The van der Waals surface area contributed by atoms with Gasteiger partial charge in [0.25, 0.3) is 0 Å². The summed E-state index contributed by atoms with van der Waals surface area (Å²) in [7, 11) is 0. The minimum absolute atomic E-state index is 0.0152. The lowest BCUT2D eigenvalue weighted by atomic mass is 10.4. The molecule has 14 heavy (non-hydrogen) atoms. The predicted octanol–water partition coefficient (Wildman–Crippen LogP) is 0.840. The molecular formula is C9H15N5. The Balaban J connectivity index is 2.35. The maximum absolute atomic E-state index is 4.39. The summed E-state index contributed by atoms with van der Waals surface area (Å²) in [6, 6.07) is 0.323. The largest absolute Gasteiger partial charge is 0.284 e. The van der Waals surface area contributed by atoms with Gasteiger partial charge in [-0.05, 0) is 20.8 Å². The summed E-state index contributed by atoms with van der Waals surface area (Å²) in [5.41, 5.74) is 0. The molecule has 0 bridgehead atoms. The number of nitrogens with one attached hydrogen (secondary N) is 1.